The Morgan fingerprint density at radius 2 is 1.87 bits per heavy atom. The molecule has 1 N–H and O–H groups in total. The summed E-state index contributed by atoms with van der Waals surface area (Å²) >= 11 is 0. The molecule has 0 bridgehead atoms. The zero-order valence-electron chi connectivity index (χ0n) is 22.5. The van der Waals surface area contributed by atoms with Crippen LogP contribution in [0.25, 0.3) is 33.6 Å². The van der Waals surface area contributed by atoms with Crippen LogP contribution in [0, 0.1) is 5.92 Å². The van der Waals surface area contributed by atoms with Crippen LogP contribution in [-0.4, -0.2) is 33.6 Å². The fourth-order valence-corrected chi connectivity index (χ4v) is 5.59. The Morgan fingerprint density at radius 3 is 2.54 bits per heavy atom. The molecule has 4 aromatic rings. The highest BCUT2D eigenvalue weighted by Gasteiger charge is 2.34. The van der Waals surface area contributed by atoms with Gasteiger partial charge in [0.2, 0.25) is 5.89 Å². The molecule has 1 amide bonds. The van der Waals surface area contributed by atoms with Crippen LogP contribution >= 0.6 is 0 Å². The molecule has 3 aliphatic carbocycles. The van der Waals surface area contributed by atoms with Crippen molar-refractivity contribution in [3.8, 4) is 28.5 Å². The monoisotopic (exact) mass is 526 g/mol. The molecule has 1 unspecified atom stereocenters. The molecule has 0 radical (unpaired) electrons. The van der Waals surface area contributed by atoms with Crippen LogP contribution in [0.2, 0.25) is 0 Å². The van der Waals surface area contributed by atoms with Gasteiger partial charge in [0.1, 0.15) is 11.9 Å². The van der Waals surface area contributed by atoms with Crippen molar-refractivity contribution in [2.45, 2.75) is 76.9 Å². The average Bonchev–Trinajstić information content (AvgIpc) is 3.84. The first-order valence-corrected chi connectivity index (χ1v) is 14.3. The van der Waals surface area contributed by atoms with Crippen LogP contribution in [0.15, 0.2) is 46.9 Å². The van der Waals surface area contributed by atoms with E-state index in [4.69, 9.17) is 13.9 Å². The van der Waals surface area contributed by atoms with Crippen molar-refractivity contribution in [2.24, 2.45) is 5.92 Å². The van der Waals surface area contributed by atoms with E-state index in [1.54, 1.807) is 0 Å². The van der Waals surface area contributed by atoms with Crippen LogP contribution in [0.5, 0.6) is 5.75 Å². The molecule has 0 aliphatic heterocycles. The second kappa shape index (κ2) is 9.74. The summed E-state index contributed by atoms with van der Waals surface area (Å²) in [5.74, 6) is 3.01. The smallest absolute Gasteiger partial charge is 0.411 e. The van der Waals surface area contributed by atoms with Gasteiger partial charge in [0, 0.05) is 29.1 Å². The number of nitrogens with one attached hydrogen (secondary N) is 1. The van der Waals surface area contributed by atoms with Gasteiger partial charge in [-0.3, -0.25) is 5.32 Å². The second-order valence-electron chi connectivity index (χ2n) is 11.2. The molecule has 3 saturated carbocycles. The summed E-state index contributed by atoms with van der Waals surface area (Å²) < 4.78 is 20.2. The molecule has 0 saturated heterocycles. The van der Waals surface area contributed by atoms with Gasteiger partial charge in [-0.2, -0.15) is 0 Å². The van der Waals surface area contributed by atoms with Crippen molar-refractivity contribution in [3.63, 3.8) is 0 Å². The molecule has 8 nitrogen and oxygen atoms in total. The number of hydrogen-bond acceptors (Lipinski definition) is 6. The van der Waals surface area contributed by atoms with E-state index < -0.39 is 6.09 Å². The third kappa shape index (κ3) is 4.66. The van der Waals surface area contributed by atoms with Crippen molar-refractivity contribution < 1.29 is 18.7 Å². The Kier molecular flexibility index (Phi) is 6.05. The quantitative estimate of drug-likeness (QED) is 0.240. The summed E-state index contributed by atoms with van der Waals surface area (Å²) in [6.45, 7) is 4.58. The second-order valence-corrected chi connectivity index (χ2v) is 11.2. The highest BCUT2D eigenvalue weighted by Crippen LogP contribution is 2.48. The van der Waals surface area contributed by atoms with E-state index in [0.717, 1.165) is 77.9 Å². The molecule has 3 aliphatic rings. The maximum absolute atomic E-state index is 12.4. The lowest BCUT2D eigenvalue weighted by atomic mass is 9.92. The molecule has 7 rings (SSSR count). The van der Waals surface area contributed by atoms with Crippen molar-refractivity contribution in [1.82, 2.24) is 14.8 Å². The number of rotatable bonds is 9. The van der Waals surface area contributed by atoms with Crippen LogP contribution < -0.4 is 10.1 Å². The molecular weight excluding hydrogens is 492 g/mol. The standard InChI is InChI=1S/C31H34N4O4/c1-3-37-24-15-16-25-26(17-24)35(23-5-4-6-23)28(27(25)30-34-33-29(39-30)21-9-10-21)20-11-13-22(14-12-20)32-31(36)38-18(2)19-7-8-19/h11-19,21,23H,3-10H2,1-2H3,(H,32,36). The van der Waals surface area contributed by atoms with Gasteiger partial charge in [-0.05, 0) is 94.5 Å². The molecule has 202 valence electrons. The molecule has 3 fully saturated rings. The Morgan fingerprint density at radius 1 is 1.08 bits per heavy atom. The van der Waals surface area contributed by atoms with Gasteiger partial charge < -0.3 is 18.5 Å². The van der Waals surface area contributed by atoms with Crippen molar-refractivity contribution >= 4 is 22.7 Å². The van der Waals surface area contributed by atoms with E-state index in [0.29, 0.717) is 36.1 Å². The van der Waals surface area contributed by atoms with E-state index in [1.165, 1.54) is 6.42 Å². The lowest BCUT2D eigenvalue weighted by Gasteiger charge is -2.30. The number of hydrogen-bond donors (Lipinski definition) is 1. The first-order chi connectivity index (χ1) is 19.1. The van der Waals surface area contributed by atoms with Gasteiger partial charge in [-0.1, -0.05) is 12.1 Å². The molecule has 8 heteroatoms. The third-order valence-electron chi connectivity index (χ3n) is 8.29. The van der Waals surface area contributed by atoms with Gasteiger partial charge >= 0.3 is 6.09 Å². The van der Waals surface area contributed by atoms with E-state index in [9.17, 15) is 4.79 Å². The number of carbonyl (C=O) groups excluding carboxylic acids is 1. The van der Waals surface area contributed by atoms with E-state index in [-0.39, 0.29) is 6.10 Å². The fourth-order valence-electron chi connectivity index (χ4n) is 5.59. The summed E-state index contributed by atoms with van der Waals surface area (Å²) in [4.78, 5) is 12.4. The predicted molar refractivity (Wildman–Crippen MR) is 149 cm³/mol. The number of fused-ring (bicyclic) bond motifs is 1. The van der Waals surface area contributed by atoms with Crippen LogP contribution in [0.4, 0.5) is 10.5 Å². The summed E-state index contributed by atoms with van der Waals surface area (Å²) in [6, 6.07) is 14.6. The first-order valence-electron chi connectivity index (χ1n) is 14.3. The highest BCUT2D eigenvalue weighted by molar-refractivity contribution is 6.03. The summed E-state index contributed by atoms with van der Waals surface area (Å²) in [5.41, 5.74) is 4.86. The fraction of sp³-hybridized carbons (Fsp3) is 0.452. The topological polar surface area (TPSA) is 91.4 Å². The number of carbonyl (C=O) groups is 1. The number of benzene rings is 2. The average molecular weight is 527 g/mol. The largest absolute Gasteiger partial charge is 0.494 e. The normalized spacial score (nSPS) is 18.1. The lowest BCUT2D eigenvalue weighted by molar-refractivity contribution is 0.108. The van der Waals surface area contributed by atoms with Crippen LogP contribution in [0.1, 0.15) is 76.6 Å². The number of nitrogens with zero attached hydrogens (tertiary/aromatic N) is 3. The summed E-state index contributed by atoms with van der Waals surface area (Å²) in [5, 5.41) is 12.9. The van der Waals surface area contributed by atoms with Gasteiger partial charge in [-0.15, -0.1) is 10.2 Å². The summed E-state index contributed by atoms with van der Waals surface area (Å²) in [7, 11) is 0. The Balaban J connectivity index is 1.30. The van der Waals surface area contributed by atoms with Crippen molar-refractivity contribution in [1.29, 1.82) is 0 Å². The molecule has 2 heterocycles. The molecule has 1 atom stereocenters. The number of aromatic nitrogens is 3. The summed E-state index contributed by atoms with van der Waals surface area (Å²) in [6.07, 6.45) is 7.46. The Hall–Kier alpha value is -3.81. The maximum atomic E-state index is 12.4. The van der Waals surface area contributed by atoms with E-state index >= 15 is 0 Å². The van der Waals surface area contributed by atoms with Gasteiger partial charge in [0.05, 0.1) is 23.4 Å². The van der Waals surface area contributed by atoms with E-state index in [2.05, 4.69) is 44.3 Å². The molecule has 2 aromatic carbocycles. The van der Waals surface area contributed by atoms with Crippen molar-refractivity contribution in [3.05, 3.63) is 48.4 Å². The van der Waals surface area contributed by atoms with Crippen LogP contribution in [-0.2, 0) is 4.74 Å². The maximum Gasteiger partial charge on any atom is 0.411 e. The molecule has 0 spiro atoms. The van der Waals surface area contributed by atoms with Gasteiger partial charge in [-0.25, -0.2) is 4.79 Å². The molecule has 39 heavy (non-hydrogen) atoms. The SMILES string of the molecule is CCOc1ccc2c(-c3nnc(C4CC4)o3)c(-c3ccc(NC(=O)OC(C)C4CC4)cc3)n(C3CCC3)c2c1. The van der Waals surface area contributed by atoms with Crippen LogP contribution in [0.3, 0.4) is 0 Å². The minimum absolute atomic E-state index is 0.0541. The Labute approximate surface area is 227 Å². The third-order valence-corrected chi connectivity index (χ3v) is 8.29. The van der Waals surface area contributed by atoms with E-state index in [1.807, 2.05) is 32.0 Å². The number of ether oxygens (including phenoxy) is 2. The zero-order chi connectivity index (χ0) is 26.5. The first kappa shape index (κ1) is 24.2. The van der Waals surface area contributed by atoms with Gasteiger partial charge in [0.25, 0.3) is 5.89 Å². The Bertz CT molecular complexity index is 1510. The zero-order valence-corrected chi connectivity index (χ0v) is 22.5. The van der Waals surface area contributed by atoms with Gasteiger partial charge in [0.15, 0.2) is 0 Å². The number of amides is 1. The minimum Gasteiger partial charge on any atom is -0.494 e. The highest BCUT2D eigenvalue weighted by atomic mass is 16.6. The molecule has 2 aromatic heterocycles. The lowest BCUT2D eigenvalue weighted by Crippen LogP contribution is -2.21. The predicted octanol–water partition coefficient (Wildman–Crippen LogP) is 7.71. The minimum atomic E-state index is -0.409. The molecular formula is C31H34N4O4. The van der Waals surface area contributed by atoms with Crippen molar-refractivity contribution in [2.75, 3.05) is 11.9 Å². The number of anilines is 1.